The van der Waals surface area contributed by atoms with E-state index in [4.69, 9.17) is 16.6 Å². The van der Waals surface area contributed by atoms with Gasteiger partial charge in [-0.05, 0) is 63.6 Å². The number of rotatable bonds is 6. The van der Waals surface area contributed by atoms with E-state index in [1.54, 1.807) is 17.0 Å². The Morgan fingerprint density at radius 1 is 1.17 bits per heavy atom. The van der Waals surface area contributed by atoms with E-state index < -0.39 is 0 Å². The first kappa shape index (κ1) is 24.4. The smallest absolute Gasteiger partial charge is 0.259 e. The van der Waals surface area contributed by atoms with Gasteiger partial charge in [0.05, 0.1) is 6.20 Å². The maximum atomic E-state index is 13.5. The summed E-state index contributed by atoms with van der Waals surface area (Å²) in [6.07, 6.45) is 6.92. The number of carbonyl (C=O) groups is 1. The van der Waals surface area contributed by atoms with E-state index in [2.05, 4.69) is 33.7 Å². The van der Waals surface area contributed by atoms with Crippen LogP contribution in [0.1, 0.15) is 71.4 Å². The molecule has 0 bridgehead atoms. The molecule has 3 aromatic heterocycles. The summed E-state index contributed by atoms with van der Waals surface area (Å²) >= 11 is 6.40. The van der Waals surface area contributed by atoms with Gasteiger partial charge in [-0.1, -0.05) is 29.8 Å². The lowest BCUT2D eigenvalue weighted by atomic mass is 9.93. The Hall–Kier alpha value is -3.26. The number of hydrogen-bond acceptors (Lipinski definition) is 5. The van der Waals surface area contributed by atoms with Gasteiger partial charge in [-0.3, -0.25) is 4.79 Å². The highest BCUT2D eigenvalue weighted by Crippen LogP contribution is 2.26. The zero-order chi connectivity index (χ0) is 25.4. The van der Waals surface area contributed by atoms with Crippen molar-refractivity contribution in [3.8, 4) is 0 Å². The molecule has 1 saturated heterocycles. The lowest BCUT2D eigenvalue weighted by molar-refractivity contribution is 0.0691. The summed E-state index contributed by atoms with van der Waals surface area (Å²) in [6, 6.07) is 8.19. The molecular formula is C27H32ClN7O. The fourth-order valence-electron chi connectivity index (χ4n) is 5.16. The van der Waals surface area contributed by atoms with Crippen LogP contribution < -0.4 is 0 Å². The van der Waals surface area contributed by atoms with Crippen LogP contribution in [0, 0.1) is 19.8 Å². The molecule has 36 heavy (non-hydrogen) atoms. The molecule has 4 heterocycles. The van der Waals surface area contributed by atoms with Crippen LogP contribution in [0.4, 0.5) is 0 Å². The molecule has 1 aliphatic heterocycles. The lowest BCUT2D eigenvalue weighted by Crippen LogP contribution is -2.39. The van der Waals surface area contributed by atoms with Gasteiger partial charge in [0, 0.05) is 48.4 Å². The SMILES string of the molecule is Cc1nc2c(C(=O)N3CCC(Cc4nncn4C(C)C)CC3)cnn2c(C)c1Cc1ccccc1Cl. The molecule has 1 aromatic carbocycles. The number of carbonyl (C=O) groups excluding carboxylic acids is 1. The molecular weight excluding hydrogens is 474 g/mol. The summed E-state index contributed by atoms with van der Waals surface area (Å²) in [7, 11) is 0. The van der Waals surface area contributed by atoms with Crippen LogP contribution in [0.3, 0.4) is 0 Å². The quantitative estimate of drug-likeness (QED) is 0.374. The molecule has 1 aliphatic rings. The van der Waals surface area contributed by atoms with Crippen molar-refractivity contribution >= 4 is 23.2 Å². The Bertz CT molecular complexity index is 1400. The first-order valence-electron chi connectivity index (χ1n) is 12.6. The number of benzene rings is 1. The molecule has 5 rings (SSSR count). The average molecular weight is 506 g/mol. The minimum absolute atomic E-state index is 0.000971. The highest BCUT2D eigenvalue weighted by Gasteiger charge is 2.28. The lowest BCUT2D eigenvalue weighted by Gasteiger charge is -2.31. The van der Waals surface area contributed by atoms with Crippen molar-refractivity contribution in [2.75, 3.05) is 13.1 Å². The summed E-state index contributed by atoms with van der Waals surface area (Å²) in [5.41, 5.74) is 5.16. The molecule has 8 nitrogen and oxygen atoms in total. The Morgan fingerprint density at radius 2 is 1.92 bits per heavy atom. The summed E-state index contributed by atoms with van der Waals surface area (Å²) in [4.78, 5) is 20.2. The first-order valence-corrected chi connectivity index (χ1v) is 13.0. The average Bonchev–Trinajstić information content (AvgIpc) is 3.50. The van der Waals surface area contributed by atoms with Crippen molar-refractivity contribution < 1.29 is 4.79 Å². The number of aromatic nitrogens is 6. The van der Waals surface area contributed by atoms with Gasteiger partial charge in [-0.25, -0.2) is 9.50 Å². The number of halogens is 1. The van der Waals surface area contributed by atoms with E-state index in [0.717, 1.165) is 65.7 Å². The van der Waals surface area contributed by atoms with Crippen molar-refractivity contribution in [1.29, 1.82) is 0 Å². The third kappa shape index (κ3) is 4.62. The van der Waals surface area contributed by atoms with Crippen molar-refractivity contribution in [3.05, 3.63) is 75.7 Å². The third-order valence-corrected chi connectivity index (χ3v) is 7.71. The molecule has 1 amide bonds. The number of piperidine rings is 1. The van der Waals surface area contributed by atoms with Gasteiger partial charge in [0.2, 0.25) is 0 Å². The molecule has 9 heteroatoms. The molecule has 0 aliphatic carbocycles. The molecule has 4 aromatic rings. The second kappa shape index (κ2) is 10.0. The molecule has 0 atom stereocenters. The Kier molecular flexibility index (Phi) is 6.79. The van der Waals surface area contributed by atoms with Crippen LogP contribution in [0.25, 0.3) is 5.65 Å². The van der Waals surface area contributed by atoms with Crippen LogP contribution in [0.2, 0.25) is 5.02 Å². The van der Waals surface area contributed by atoms with Gasteiger partial charge >= 0.3 is 0 Å². The van der Waals surface area contributed by atoms with Gasteiger partial charge in [0.1, 0.15) is 17.7 Å². The predicted octanol–water partition coefficient (Wildman–Crippen LogP) is 4.86. The molecule has 188 valence electrons. The summed E-state index contributed by atoms with van der Waals surface area (Å²) in [5, 5.41) is 13.7. The number of fused-ring (bicyclic) bond motifs is 1. The van der Waals surface area contributed by atoms with Crippen molar-refractivity contribution in [1.82, 2.24) is 34.3 Å². The minimum Gasteiger partial charge on any atom is -0.338 e. The first-order chi connectivity index (χ1) is 17.3. The topological polar surface area (TPSA) is 81.2 Å². The molecule has 0 radical (unpaired) electrons. The van der Waals surface area contributed by atoms with Crippen molar-refractivity contribution in [3.63, 3.8) is 0 Å². The third-order valence-electron chi connectivity index (χ3n) is 7.34. The summed E-state index contributed by atoms with van der Waals surface area (Å²) in [6.45, 7) is 9.74. The van der Waals surface area contributed by atoms with Crippen LogP contribution >= 0.6 is 11.6 Å². The number of aryl methyl sites for hydroxylation is 2. The van der Waals surface area contributed by atoms with E-state index in [0.29, 0.717) is 29.6 Å². The zero-order valence-electron chi connectivity index (χ0n) is 21.3. The second-order valence-electron chi connectivity index (χ2n) is 10.0. The highest BCUT2D eigenvalue weighted by atomic mass is 35.5. The molecule has 0 unspecified atom stereocenters. The predicted molar refractivity (Wildman–Crippen MR) is 139 cm³/mol. The molecule has 0 N–H and O–H groups in total. The number of nitrogens with zero attached hydrogens (tertiary/aromatic N) is 7. The summed E-state index contributed by atoms with van der Waals surface area (Å²) < 4.78 is 3.92. The summed E-state index contributed by atoms with van der Waals surface area (Å²) in [5.74, 6) is 1.52. The number of hydrogen-bond donors (Lipinski definition) is 0. The van der Waals surface area contributed by atoms with E-state index in [9.17, 15) is 4.79 Å². The molecule has 0 spiro atoms. The standard InChI is InChI=1S/C27H32ClN7O/c1-17(2)34-16-29-32-25(34)13-20-9-11-33(12-10-20)27(36)23-15-30-35-19(4)22(18(3)31-26(23)35)14-21-7-5-6-8-24(21)28/h5-8,15-17,20H,9-14H2,1-4H3. The van der Waals surface area contributed by atoms with Crippen molar-refractivity contribution in [2.45, 2.75) is 59.4 Å². The molecule has 0 saturated carbocycles. The largest absolute Gasteiger partial charge is 0.338 e. The highest BCUT2D eigenvalue weighted by molar-refractivity contribution is 6.31. The van der Waals surface area contributed by atoms with Crippen LogP contribution in [-0.4, -0.2) is 53.3 Å². The van der Waals surface area contributed by atoms with Gasteiger partial charge in [-0.15, -0.1) is 10.2 Å². The van der Waals surface area contributed by atoms with Gasteiger partial charge in [0.15, 0.2) is 5.65 Å². The van der Waals surface area contributed by atoms with Crippen LogP contribution in [-0.2, 0) is 12.8 Å². The Morgan fingerprint density at radius 3 is 2.64 bits per heavy atom. The number of likely N-dealkylation sites (tertiary alicyclic amines) is 1. The fourth-order valence-corrected chi connectivity index (χ4v) is 5.37. The molecule has 1 fully saturated rings. The maximum absolute atomic E-state index is 13.5. The van der Waals surface area contributed by atoms with E-state index in [1.165, 1.54) is 0 Å². The van der Waals surface area contributed by atoms with E-state index in [1.807, 2.05) is 43.0 Å². The number of amides is 1. The van der Waals surface area contributed by atoms with Crippen LogP contribution in [0.5, 0.6) is 0 Å². The monoisotopic (exact) mass is 505 g/mol. The second-order valence-corrected chi connectivity index (χ2v) is 10.4. The zero-order valence-corrected chi connectivity index (χ0v) is 22.0. The van der Waals surface area contributed by atoms with Crippen LogP contribution in [0.15, 0.2) is 36.8 Å². The maximum Gasteiger partial charge on any atom is 0.259 e. The van der Waals surface area contributed by atoms with Gasteiger partial charge in [-0.2, -0.15) is 5.10 Å². The van der Waals surface area contributed by atoms with Crippen molar-refractivity contribution in [2.24, 2.45) is 5.92 Å². The van der Waals surface area contributed by atoms with E-state index >= 15 is 0 Å². The minimum atomic E-state index is -0.000971. The van der Waals surface area contributed by atoms with E-state index in [-0.39, 0.29) is 5.91 Å². The Balaban J connectivity index is 1.31. The van der Waals surface area contributed by atoms with Gasteiger partial charge < -0.3 is 9.47 Å². The Labute approximate surface area is 216 Å². The fraction of sp³-hybridized carbons (Fsp3) is 0.444. The normalized spacial score (nSPS) is 14.8. The van der Waals surface area contributed by atoms with Gasteiger partial charge in [0.25, 0.3) is 5.91 Å².